The second kappa shape index (κ2) is 9.94. The summed E-state index contributed by atoms with van der Waals surface area (Å²) in [6, 6.07) is 0. The highest BCUT2D eigenvalue weighted by molar-refractivity contribution is 7.80. The standard InChI is InChI=1S/C22H34O5.C2H7NS/c1-6-20(4)11-16(27-17(25)12-23)21(5)13(2)7-9-22(14(3)19(20)26)10-8-15(24)18(21)22;3-1-2-4/h6,13-14,16,18-19,23,26H,1,7-12H2,2-5H3;4H,1-3H2/t13-,14+,16-,18-,19+,20-,21+,22+;/m1./s1. The molecule has 3 aliphatic rings. The molecule has 2 bridgehead atoms. The third-order valence-corrected chi connectivity index (χ3v) is 9.09. The van der Waals surface area contributed by atoms with Gasteiger partial charge in [0.2, 0.25) is 0 Å². The molecule has 0 heterocycles. The Morgan fingerprint density at radius 2 is 1.97 bits per heavy atom. The van der Waals surface area contributed by atoms with Crippen molar-refractivity contribution in [3.63, 3.8) is 0 Å². The van der Waals surface area contributed by atoms with Gasteiger partial charge in [0.25, 0.3) is 0 Å². The number of hydrogen-bond acceptors (Lipinski definition) is 7. The molecule has 0 aromatic rings. The molecule has 0 amide bonds. The van der Waals surface area contributed by atoms with Crippen LogP contribution in [0.1, 0.15) is 59.8 Å². The Morgan fingerprint density at radius 3 is 2.48 bits per heavy atom. The smallest absolute Gasteiger partial charge is 0.332 e. The van der Waals surface area contributed by atoms with Gasteiger partial charge in [0.05, 0.1) is 6.10 Å². The van der Waals surface area contributed by atoms with E-state index < -0.39 is 35.6 Å². The summed E-state index contributed by atoms with van der Waals surface area (Å²) in [5.74, 6) is 0.271. The maximum absolute atomic E-state index is 13.1. The molecule has 6 nitrogen and oxygen atoms in total. The molecule has 178 valence electrons. The molecule has 3 rings (SSSR count). The number of Topliss-reactive ketones (excluding diaryl/α,β-unsaturated/α-hetero) is 1. The highest BCUT2D eigenvalue weighted by atomic mass is 32.1. The first kappa shape index (κ1) is 26.4. The number of nitrogens with two attached hydrogens (primary N) is 1. The molecule has 3 saturated carbocycles. The maximum Gasteiger partial charge on any atom is 0.332 e. The molecule has 0 aromatic carbocycles. The molecule has 0 aliphatic heterocycles. The average molecular weight is 456 g/mol. The lowest BCUT2D eigenvalue weighted by molar-refractivity contribution is -0.207. The number of aliphatic hydroxyl groups is 2. The molecular weight excluding hydrogens is 414 g/mol. The zero-order valence-electron chi connectivity index (χ0n) is 19.5. The van der Waals surface area contributed by atoms with Crippen LogP contribution in [0, 0.1) is 34.0 Å². The summed E-state index contributed by atoms with van der Waals surface area (Å²) < 4.78 is 5.77. The van der Waals surface area contributed by atoms with Crippen LogP contribution >= 0.6 is 12.6 Å². The molecule has 3 aliphatic carbocycles. The number of rotatable bonds is 4. The van der Waals surface area contributed by atoms with E-state index in [1.165, 1.54) is 0 Å². The topological polar surface area (TPSA) is 110 Å². The summed E-state index contributed by atoms with van der Waals surface area (Å²) in [4.78, 5) is 25.2. The Kier molecular flexibility index (Phi) is 8.45. The summed E-state index contributed by atoms with van der Waals surface area (Å²) in [5, 5.41) is 20.6. The quantitative estimate of drug-likeness (QED) is 0.295. The van der Waals surface area contributed by atoms with Crippen molar-refractivity contribution in [1.29, 1.82) is 0 Å². The third-order valence-electron chi connectivity index (χ3n) is 8.83. The third kappa shape index (κ3) is 4.35. The average Bonchev–Trinajstić information content (AvgIpc) is 3.12. The highest BCUT2D eigenvalue weighted by Gasteiger charge is 2.68. The fourth-order valence-corrected chi connectivity index (χ4v) is 6.70. The first-order valence-electron chi connectivity index (χ1n) is 11.4. The first-order valence-corrected chi connectivity index (χ1v) is 12.1. The molecule has 0 aromatic heterocycles. The molecule has 3 fully saturated rings. The molecule has 0 spiro atoms. The summed E-state index contributed by atoms with van der Waals surface area (Å²) in [6.07, 6.45) is 4.10. The summed E-state index contributed by atoms with van der Waals surface area (Å²) in [6.45, 7) is 12.2. The monoisotopic (exact) mass is 455 g/mol. The van der Waals surface area contributed by atoms with Crippen LogP contribution in [0.2, 0.25) is 0 Å². The van der Waals surface area contributed by atoms with Gasteiger partial charge < -0.3 is 20.7 Å². The normalized spacial score (nSPS) is 44.3. The lowest BCUT2D eigenvalue weighted by Crippen LogP contribution is -2.63. The van der Waals surface area contributed by atoms with E-state index in [0.717, 1.165) is 25.0 Å². The zero-order valence-corrected chi connectivity index (χ0v) is 20.4. The molecule has 8 atom stereocenters. The van der Waals surface area contributed by atoms with Crippen LogP contribution in [0.4, 0.5) is 0 Å². The number of ketones is 1. The lowest BCUT2D eigenvalue weighted by atomic mass is 9.44. The van der Waals surface area contributed by atoms with Crippen molar-refractivity contribution >= 4 is 24.4 Å². The summed E-state index contributed by atoms with van der Waals surface area (Å²) in [5.41, 5.74) is 3.52. The minimum atomic E-state index is -0.686. The van der Waals surface area contributed by atoms with Crippen molar-refractivity contribution in [3.05, 3.63) is 12.7 Å². The summed E-state index contributed by atoms with van der Waals surface area (Å²) >= 11 is 3.80. The lowest BCUT2D eigenvalue weighted by Gasteiger charge is -2.61. The van der Waals surface area contributed by atoms with E-state index in [9.17, 15) is 19.8 Å². The van der Waals surface area contributed by atoms with Gasteiger partial charge in [-0.2, -0.15) is 12.6 Å². The fourth-order valence-electron chi connectivity index (χ4n) is 6.70. The van der Waals surface area contributed by atoms with E-state index in [1.807, 2.05) is 6.92 Å². The Balaban J connectivity index is 0.000000785. The second-order valence-corrected chi connectivity index (χ2v) is 10.7. The van der Waals surface area contributed by atoms with Crippen molar-refractivity contribution in [2.24, 2.45) is 39.7 Å². The van der Waals surface area contributed by atoms with Crippen LogP contribution in [0.5, 0.6) is 0 Å². The second-order valence-electron chi connectivity index (χ2n) is 10.2. The van der Waals surface area contributed by atoms with E-state index in [4.69, 9.17) is 10.5 Å². The van der Waals surface area contributed by atoms with Crippen molar-refractivity contribution in [2.75, 3.05) is 18.9 Å². The van der Waals surface area contributed by atoms with Crippen LogP contribution in [-0.2, 0) is 14.3 Å². The van der Waals surface area contributed by atoms with E-state index in [0.29, 0.717) is 19.4 Å². The van der Waals surface area contributed by atoms with E-state index in [2.05, 4.69) is 40.0 Å². The minimum absolute atomic E-state index is 0.0433. The van der Waals surface area contributed by atoms with Gasteiger partial charge in [-0.3, -0.25) is 4.79 Å². The van der Waals surface area contributed by atoms with Crippen molar-refractivity contribution in [2.45, 2.75) is 72.0 Å². The Morgan fingerprint density at radius 1 is 1.35 bits per heavy atom. The molecule has 0 unspecified atom stereocenters. The van der Waals surface area contributed by atoms with Gasteiger partial charge in [0.1, 0.15) is 18.5 Å². The van der Waals surface area contributed by atoms with Crippen molar-refractivity contribution in [3.8, 4) is 0 Å². The zero-order chi connectivity index (χ0) is 23.6. The van der Waals surface area contributed by atoms with Gasteiger partial charge in [0, 0.05) is 35.5 Å². The number of ether oxygens (including phenoxy) is 1. The molecular formula is C24H41NO5S. The van der Waals surface area contributed by atoms with E-state index >= 15 is 0 Å². The predicted octanol–water partition coefficient (Wildman–Crippen LogP) is 2.76. The number of esters is 1. The highest BCUT2D eigenvalue weighted by Crippen LogP contribution is 2.67. The van der Waals surface area contributed by atoms with Gasteiger partial charge in [-0.25, -0.2) is 4.79 Å². The number of aliphatic hydroxyl groups excluding tert-OH is 2. The first-order chi connectivity index (χ1) is 14.5. The van der Waals surface area contributed by atoms with E-state index in [-0.39, 0.29) is 29.0 Å². The maximum atomic E-state index is 13.1. The fraction of sp³-hybridized carbons (Fsp3) is 0.833. The molecule has 7 heteroatoms. The Hall–Kier alpha value is -0.890. The van der Waals surface area contributed by atoms with Crippen LogP contribution in [0.25, 0.3) is 0 Å². The SMILES string of the molecule is C=C[C@]1(C)C[C@@H](OC(=O)CO)[C@]2(C)[C@H](C)CC[C@]3(CCC(=O)[C@@H]32)[C@@H](C)[C@@H]1O.NCCS. The van der Waals surface area contributed by atoms with Crippen molar-refractivity contribution < 1.29 is 24.5 Å². The van der Waals surface area contributed by atoms with Gasteiger partial charge in [-0.15, -0.1) is 6.58 Å². The largest absolute Gasteiger partial charge is 0.460 e. The minimum Gasteiger partial charge on any atom is -0.460 e. The van der Waals surface area contributed by atoms with Crippen LogP contribution in [0.15, 0.2) is 12.7 Å². The molecule has 0 radical (unpaired) electrons. The van der Waals surface area contributed by atoms with Gasteiger partial charge >= 0.3 is 5.97 Å². The number of hydrogen-bond donors (Lipinski definition) is 4. The van der Waals surface area contributed by atoms with Gasteiger partial charge in [-0.1, -0.05) is 33.8 Å². The number of thiol groups is 1. The Labute approximate surface area is 192 Å². The van der Waals surface area contributed by atoms with Crippen LogP contribution in [-0.4, -0.2) is 53.1 Å². The van der Waals surface area contributed by atoms with Crippen LogP contribution < -0.4 is 5.73 Å². The predicted molar refractivity (Wildman–Crippen MR) is 125 cm³/mol. The number of carbonyl (C=O) groups excluding carboxylic acids is 2. The van der Waals surface area contributed by atoms with Crippen molar-refractivity contribution in [1.82, 2.24) is 0 Å². The van der Waals surface area contributed by atoms with Gasteiger partial charge in [-0.05, 0) is 42.9 Å². The molecule has 0 saturated heterocycles. The molecule has 31 heavy (non-hydrogen) atoms. The molecule has 4 N–H and O–H groups in total. The van der Waals surface area contributed by atoms with Crippen LogP contribution in [0.3, 0.4) is 0 Å². The van der Waals surface area contributed by atoms with Gasteiger partial charge in [0.15, 0.2) is 0 Å². The Bertz CT molecular complexity index is 685. The van der Waals surface area contributed by atoms with E-state index in [1.54, 1.807) is 6.08 Å². The summed E-state index contributed by atoms with van der Waals surface area (Å²) in [7, 11) is 0. The number of carbonyl (C=O) groups is 2.